The van der Waals surface area contributed by atoms with Gasteiger partial charge in [-0.3, -0.25) is 4.79 Å². The van der Waals surface area contributed by atoms with Crippen molar-refractivity contribution in [3.05, 3.63) is 16.3 Å². The Kier molecular flexibility index (Phi) is 3.92. The molecule has 0 aromatic carbocycles. The molecule has 2 aromatic rings. The van der Waals surface area contributed by atoms with Crippen LogP contribution in [0.25, 0.3) is 10.2 Å². The minimum atomic E-state index is -0.136. The van der Waals surface area contributed by atoms with Crippen LogP contribution in [0.15, 0.2) is 5.03 Å². The first kappa shape index (κ1) is 14.8. The summed E-state index contributed by atoms with van der Waals surface area (Å²) in [6.45, 7) is 8.06. The van der Waals surface area contributed by atoms with Gasteiger partial charge in [-0.1, -0.05) is 11.8 Å². The largest absolute Gasteiger partial charge is 0.352 e. The van der Waals surface area contributed by atoms with Crippen molar-refractivity contribution in [2.24, 2.45) is 0 Å². The summed E-state index contributed by atoms with van der Waals surface area (Å²) in [4.78, 5) is 23.5. The van der Waals surface area contributed by atoms with Gasteiger partial charge < -0.3 is 5.32 Å². The first-order chi connectivity index (χ1) is 9.95. The predicted molar refractivity (Wildman–Crippen MR) is 88.1 cm³/mol. The highest BCUT2D eigenvalue weighted by atomic mass is 32.2. The van der Waals surface area contributed by atoms with Crippen LogP contribution in [0.5, 0.6) is 0 Å². The SMILES string of the molecule is Cc1nc(SC(C)C(=O)NC2CC2)c2c(C)c(C)sc2n1. The number of nitrogens with one attached hydrogen (secondary N) is 1. The number of thiophene rings is 1. The van der Waals surface area contributed by atoms with Gasteiger partial charge in [0.1, 0.15) is 15.7 Å². The molecule has 112 valence electrons. The average Bonchev–Trinajstić information content (AvgIpc) is 3.16. The maximum absolute atomic E-state index is 12.1. The maximum Gasteiger partial charge on any atom is 0.233 e. The van der Waals surface area contributed by atoms with E-state index in [1.165, 1.54) is 22.2 Å². The Labute approximate surface area is 132 Å². The van der Waals surface area contributed by atoms with Crippen LogP contribution in [0, 0.1) is 20.8 Å². The molecule has 2 aromatic heterocycles. The van der Waals surface area contributed by atoms with Crippen molar-refractivity contribution < 1.29 is 4.79 Å². The molecule has 1 amide bonds. The number of aromatic nitrogens is 2. The monoisotopic (exact) mass is 321 g/mol. The molecule has 1 saturated carbocycles. The van der Waals surface area contributed by atoms with Gasteiger partial charge in [-0.25, -0.2) is 9.97 Å². The fourth-order valence-electron chi connectivity index (χ4n) is 2.17. The molecular weight excluding hydrogens is 302 g/mol. The van der Waals surface area contributed by atoms with Gasteiger partial charge in [0.05, 0.1) is 5.25 Å². The van der Waals surface area contributed by atoms with E-state index in [1.807, 2.05) is 13.8 Å². The molecule has 2 heterocycles. The van der Waals surface area contributed by atoms with Crippen molar-refractivity contribution in [2.45, 2.75) is 56.9 Å². The third kappa shape index (κ3) is 3.06. The number of aryl methyl sites for hydroxylation is 3. The quantitative estimate of drug-likeness (QED) is 0.693. The predicted octanol–water partition coefficient (Wildman–Crippen LogP) is 3.38. The highest BCUT2D eigenvalue weighted by Gasteiger charge is 2.27. The number of carbonyl (C=O) groups is 1. The second-order valence-electron chi connectivity index (χ2n) is 5.58. The van der Waals surface area contributed by atoms with Gasteiger partial charge in [0.15, 0.2) is 0 Å². The molecule has 0 bridgehead atoms. The van der Waals surface area contributed by atoms with Crippen LogP contribution in [0.3, 0.4) is 0 Å². The zero-order chi connectivity index (χ0) is 15.1. The third-order valence-electron chi connectivity index (χ3n) is 3.69. The highest BCUT2D eigenvalue weighted by molar-refractivity contribution is 8.00. The lowest BCUT2D eigenvalue weighted by Crippen LogP contribution is -2.32. The summed E-state index contributed by atoms with van der Waals surface area (Å²) in [6.07, 6.45) is 2.23. The first-order valence-electron chi connectivity index (χ1n) is 7.17. The van der Waals surface area contributed by atoms with Crippen LogP contribution >= 0.6 is 23.1 Å². The van der Waals surface area contributed by atoms with Crippen molar-refractivity contribution in [3.63, 3.8) is 0 Å². The van der Waals surface area contributed by atoms with E-state index in [-0.39, 0.29) is 11.2 Å². The van der Waals surface area contributed by atoms with Gasteiger partial charge in [-0.15, -0.1) is 11.3 Å². The molecule has 4 nitrogen and oxygen atoms in total. The summed E-state index contributed by atoms with van der Waals surface area (Å²) >= 11 is 3.23. The zero-order valence-corrected chi connectivity index (χ0v) is 14.3. The number of hydrogen-bond donors (Lipinski definition) is 1. The summed E-state index contributed by atoms with van der Waals surface area (Å²) in [7, 11) is 0. The molecule has 1 N–H and O–H groups in total. The zero-order valence-electron chi connectivity index (χ0n) is 12.7. The van der Waals surface area contributed by atoms with E-state index < -0.39 is 0 Å². The van der Waals surface area contributed by atoms with Gasteiger partial charge in [0, 0.05) is 16.3 Å². The molecule has 1 aliphatic carbocycles. The van der Waals surface area contributed by atoms with Crippen LogP contribution in [0.1, 0.15) is 36.0 Å². The molecule has 1 atom stereocenters. The molecule has 0 aliphatic heterocycles. The Morgan fingerprint density at radius 1 is 1.33 bits per heavy atom. The third-order valence-corrected chi connectivity index (χ3v) is 5.88. The van der Waals surface area contributed by atoms with Crippen molar-refractivity contribution in [2.75, 3.05) is 0 Å². The molecular formula is C15H19N3OS2. The number of fused-ring (bicyclic) bond motifs is 1. The van der Waals surface area contributed by atoms with E-state index in [0.717, 1.165) is 33.9 Å². The van der Waals surface area contributed by atoms with E-state index >= 15 is 0 Å². The van der Waals surface area contributed by atoms with E-state index in [9.17, 15) is 4.79 Å². The summed E-state index contributed by atoms with van der Waals surface area (Å²) < 4.78 is 0. The van der Waals surface area contributed by atoms with Crippen molar-refractivity contribution in [1.29, 1.82) is 0 Å². The number of hydrogen-bond acceptors (Lipinski definition) is 5. The Morgan fingerprint density at radius 2 is 2.05 bits per heavy atom. The number of rotatable bonds is 4. The van der Waals surface area contributed by atoms with Gasteiger partial charge in [-0.2, -0.15) is 0 Å². The molecule has 0 radical (unpaired) electrons. The van der Waals surface area contributed by atoms with E-state index in [4.69, 9.17) is 0 Å². The molecule has 1 fully saturated rings. The summed E-state index contributed by atoms with van der Waals surface area (Å²) in [5.74, 6) is 0.873. The fourth-order valence-corrected chi connectivity index (χ4v) is 4.37. The standard InChI is InChI=1S/C15H19N3OS2/c1-7-8(2)20-14-12(7)15(17-10(4)16-14)21-9(3)13(19)18-11-5-6-11/h9,11H,5-6H2,1-4H3,(H,18,19). The number of thioether (sulfide) groups is 1. The lowest BCUT2D eigenvalue weighted by atomic mass is 10.2. The van der Waals surface area contributed by atoms with Gasteiger partial charge in [-0.05, 0) is 46.1 Å². The lowest BCUT2D eigenvalue weighted by molar-refractivity contribution is -0.120. The Balaban J connectivity index is 1.90. The molecule has 21 heavy (non-hydrogen) atoms. The summed E-state index contributed by atoms with van der Waals surface area (Å²) in [5.41, 5.74) is 1.23. The molecule has 0 saturated heterocycles. The maximum atomic E-state index is 12.1. The Morgan fingerprint density at radius 3 is 2.71 bits per heavy atom. The summed E-state index contributed by atoms with van der Waals surface area (Å²) in [6, 6.07) is 0.401. The first-order valence-corrected chi connectivity index (χ1v) is 8.86. The Hall–Kier alpha value is -1.14. The normalized spacial score (nSPS) is 16.2. The van der Waals surface area contributed by atoms with Crippen molar-refractivity contribution in [1.82, 2.24) is 15.3 Å². The van der Waals surface area contributed by atoms with Crippen LogP contribution in [0.2, 0.25) is 0 Å². The van der Waals surface area contributed by atoms with E-state index in [1.54, 1.807) is 11.3 Å². The van der Waals surface area contributed by atoms with Crippen molar-refractivity contribution >= 4 is 39.2 Å². The van der Waals surface area contributed by atoms with E-state index in [0.29, 0.717) is 6.04 Å². The van der Waals surface area contributed by atoms with Crippen LogP contribution in [-0.2, 0) is 4.79 Å². The smallest absolute Gasteiger partial charge is 0.233 e. The van der Waals surface area contributed by atoms with Crippen LogP contribution in [-0.4, -0.2) is 27.2 Å². The number of nitrogens with zero attached hydrogens (tertiary/aromatic N) is 2. The van der Waals surface area contributed by atoms with Crippen LogP contribution in [0.4, 0.5) is 0 Å². The van der Waals surface area contributed by atoms with Crippen LogP contribution < -0.4 is 5.32 Å². The van der Waals surface area contributed by atoms with Gasteiger partial charge in [0.25, 0.3) is 0 Å². The molecule has 1 unspecified atom stereocenters. The van der Waals surface area contributed by atoms with Gasteiger partial charge >= 0.3 is 0 Å². The Bertz CT molecular complexity index is 706. The van der Waals surface area contributed by atoms with Gasteiger partial charge in [0.2, 0.25) is 5.91 Å². The van der Waals surface area contributed by atoms with Crippen molar-refractivity contribution in [3.8, 4) is 0 Å². The average molecular weight is 321 g/mol. The number of carbonyl (C=O) groups excluding carboxylic acids is 1. The lowest BCUT2D eigenvalue weighted by Gasteiger charge is -2.12. The second kappa shape index (κ2) is 5.57. The molecule has 0 spiro atoms. The fraction of sp³-hybridized carbons (Fsp3) is 0.533. The number of amides is 1. The minimum Gasteiger partial charge on any atom is -0.352 e. The second-order valence-corrected chi connectivity index (χ2v) is 8.12. The topological polar surface area (TPSA) is 54.9 Å². The van der Waals surface area contributed by atoms with E-state index in [2.05, 4.69) is 29.1 Å². The minimum absolute atomic E-state index is 0.108. The summed E-state index contributed by atoms with van der Waals surface area (Å²) in [5, 5.41) is 4.96. The molecule has 1 aliphatic rings. The molecule has 3 rings (SSSR count). The molecule has 6 heteroatoms. The highest BCUT2D eigenvalue weighted by Crippen LogP contribution is 2.36.